The Bertz CT molecular complexity index is 3720. The highest BCUT2D eigenvalue weighted by atomic mass is 16.6. The molecule has 0 spiro atoms. The Kier molecular flexibility index (Phi) is 30.9. The number of hydrogen-bond donors (Lipinski definition) is 2. The van der Waals surface area contributed by atoms with E-state index in [1.54, 1.807) is 53.7 Å². The van der Waals surface area contributed by atoms with Crippen LogP contribution in [0.2, 0.25) is 0 Å². The van der Waals surface area contributed by atoms with E-state index in [1.807, 2.05) is 101 Å². The van der Waals surface area contributed by atoms with Crippen molar-refractivity contribution in [2.75, 3.05) is 64.4 Å². The highest BCUT2D eigenvalue weighted by molar-refractivity contribution is 6.01. The summed E-state index contributed by atoms with van der Waals surface area (Å²) in [4.78, 5) is 150. The van der Waals surface area contributed by atoms with Gasteiger partial charge < -0.3 is 53.4 Å². The van der Waals surface area contributed by atoms with E-state index in [-0.39, 0.29) is 139 Å². The first-order valence-electron chi connectivity index (χ1n) is 33.6. The van der Waals surface area contributed by atoms with Crippen LogP contribution in [0.25, 0.3) is 11.0 Å². The van der Waals surface area contributed by atoms with Gasteiger partial charge in [0.25, 0.3) is 23.2 Å². The minimum atomic E-state index is -1.64. The number of hydrogen-bond acceptors (Lipinski definition) is 21. The van der Waals surface area contributed by atoms with E-state index in [1.165, 1.54) is 55.3 Å². The van der Waals surface area contributed by atoms with Crippen molar-refractivity contribution in [3.63, 3.8) is 0 Å². The Morgan fingerprint density at radius 3 is 1.72 bits per heavy atom. The number of fused-ring (bicyclic) bond motifs is 2. The van der Waals surface area contributed by atoms with Crippen LogP contribution < -0.4 is 40.3 Å². The third-order valence-electron chi connectivity index (χ3n) is 15.5. The Labute approximate surface area is 592 Å². The summed E-state index contributed by atoms with van der Waals surface area (Å²) in [7, 11) is 5.95. The van der Waals surface area contributed by atoms with Crippen molar-refractivity contribution >= 4 is 86.6 Å². The molecule has 0 saturated carbocycles. The fourth-order valence-corrected chi connectivity index (χ4v) is 10.2. The van der Waals surface area contributed by atoms with E-state index in [9.17, 15) is 68.2 Å². The summed E-state index contributed by atoms with van der Waals surface area (Å²) in [6.07, 6.45) is 0.929. The van der Waals surface area contributed by atoms with Gasteiger partial charge in [0, 0.05) is 133 Å². The van der Waals surface area contributed by atoms with Crippen molar-refractivity contribution < 1.29 is 81.1 Å². The lowest BCUT2D eigenvalue weighted by molar-refractivity contribution is -0.386. The number of unbranched alkanes of at least 4 members (excludes halogenated alkanes) is 1. The summed E-state index contributed by atoms with van der Waals surface area (Å²) in [5.41, 5.74) is -1.58. The molecule has 2 N–H and O–H groups in total. The molecule has 0 fully saturated rings. The number of nitro groups is 2. The molecular formula is C74H107N7O20. The number of carbonyl (C=O) groups is 9. The van der Waals surface area contributed by atoms with E-state index >= 15 is 0 Å². The zero-order valence-electron chi connectivity index (χ0n) is 63.2. The van der Waals surface area contributed by atoms with Crippen molar-refractivity contribution in [3.8, 4) is 17.2 Å². The molecule has 0 bridgehead atoms. The largest absolute Gasteiger partial charge is 0.493 e. The van der Waals surface area contributed by atoms with E-state index in [2.05, 4.69) is 10.6 Å². The standard InChI is InChI=1S/C28H39NO6.C24H37N3O8.C22H31N3O6/c1-27(2,3)16-21(30)17-29(7)20-12-13-22-19(14-26(33)35-23(22)15-20)18-34-25(32)11-9-8-10-24(31)28(4,5)6;1-23(2,3)19(28)11-10-12-26(7)22(30)35-20(21(29)25-24(4,5)6)15-13-17(33-8)18(34-9)14-16(15)27(31)32;1-21(2,3)17(26)9-10-19(28)24-12-11-14-16(8-7-15(20(14)24)25(29)30)31-13-18(27)23-22(4,5)6/h12-15H,8-11,16-18H2,1-7H3;13-14,20H,10-12H2,1-9H3,(H,25,29);7-8H,9-13H2,1-6H3,(H,23,27). The number of amides is 4. The lowest BCUT2D eigenvalue weighted by atomic mass is 9.88. The van der Waals surface area contributed by atoms with Gasteiger partial charge in [-0.2, -0.15) is 0 Å². The number of esters is 1. The van der Waals surface area contributed by atoms with Crippen molar-refractivity contribution in [3.05, 3.63) is 95.9 Å². The van der Waals surface area contributed by atoms with Gasteiger partial charge in [0.05, 0.1) is 42.2 Å². The summed E-state index contributed by atoms with van der Waals surface area (Å²) in [6.45, 7) is 33.7. The molecule has 1 atom stereocenters. The molecule has 101 heavy (non-hydrogen) atoms. The minimum Gasteiger partial charge on any atom is -0.493 e. The molecule has 558 valence electrons. The SMILES string of the molecule is CC(C)(C)NC(=O)COc1ccc([N+](=O)[O-])c2c1CCN2C(=O)CCC(=O)C(C)(C)C.CN(CC(=O)CC(C)(C)C)c1ccc2c(COC(=O)CCCCC(=O)C(C)(C)C)cc(=O)oc2c1.COc1cc(C(OC(=O)N(C)CCCC(=O)C(C)(C)C)C(=O)NC(C)(C)C)c([N+](=O)[O-])cc1OC. The zero-order chi connectivity index (χ0) is 77.1. The first-order chi connectivity index (χ1) is 46.4. The van der Waals surface area contributed by atoms with Gasteiger partial charge in [-0.25, -0.2) is 9.59 Å². The molecule has 0 saturated heterocycles. The molecule has 1 aromatic heterocycles. The van der Waals surface area contributed by atoms with Gasteiger partial charge >= 0.3 is 17.7 Å². The van der Waals surface area contributed by atoms with Gasteiger partial charge in [-0.1, -0.05) is 83.1 Å². The fraction of sp³-hybridized carbons (Fsp3) is 0.595. The molecule has 27 nitrogen and oxygen atoms in total. The maximum atomic E-state index is 13.1. The molecule has 1 unspecified atom stereocenters. The molecule has 4 aromatic rings. The average Bonchev–Trinajstić information content (AvgIpc) is 1.72. The van der Waals surface area contributed by atoms with Crippen LogP contribution in [0.4, 0.5) is 27.5 Å². The predicted octanol–water partition coefficient (Wildman–Crippen LogP) is 12.7. The molecule has 3 aromatic carbocycles. The smallest absolute Gasteiger partial charge is 0.410 e. The number of nitrogens with one attached hydrogen (secondary N) is 2. The Morgan fingerprint density at radius 2 is 1.19 bits per heavy atom. The highest BCUT2D eigenvalue weighted by Crippen LogP contribution is 2.43. The lowest BCUT2D eigenvalue weighted by Crippen LogP contribution is -2.45. The predicted molar refractivity (Wildman–Crippen MR) is 383 cm³/mol. The van der Waals surface area contributed by atoms with Crippen molar-refractivity contribution in [1.82, 2.24) is 15.5 Å². The van der Waals surface area contributed by atoms with Crippen LogP contribution in [0.15, 0.2) is 57.7 Å². The summed E-state index contributed by atoms with van der Waals surface area (Å²) < 4.78 is 32.2. The molecule has 1 aliphatic heterocycles. The molecule has 5 rings (SSSR count). The van der Waals surface area contributed by atoms with Crippen LogP contribution in [0.1, 0.15) is 205 Å². The quantitative estimate of drug-likeness (QED) is 0.0175. The van der Waals surface area contributed by atoms with Crippen molar-refractivity contribution in [2.24, 2.45) is 21.7 Å². The summed E-state index contributed by atoms with van der Waals surface area (Å²) in [5.74, 6) is -0.891. The van der Waals surface area contributed by atoms with Crippen LogP contribution in [-0.2, 0) is 60.9 Å². The van der Waals surface area contributed by atoms with Crippen molar-refractivity contribution in [1.29, 1.82) is 0 Å². The molecule has 27 heteroatoms. The third kappa shape index (κ3) is 28.3. The number of Topliss-reactive ketones (excluding diaryl/α,β-unsaturated/α-hetero) is 4. The van der Waals surface area contributed by atoms with Crippen LogP contribution >= 0.6 is 0 Å². The van der Waals surface area contributed by atoms with Crippen LogP contribution in [0, 0.1) is 41.9 Å². The topological polar surface area (TPSA) is 350 Å². The lowest BCUT2D eigenvalue weighted by Gasteiger charge is -2.27. The number of benzene rings is 3. The maximum absolute atomic E-state index is 13.1. The summed E-state index contributed by atoms with van der Waals surface area (Å²) in [6, 6.07) is 11.8. The number of carbonyl (C=O) groups excluding carboxylic acids is 9. The molecule has 0 aliphatic carbocycles. The Morgan fingerprint density at radius 1 is 0.644 bits per heavy atom. The molecule has 1 aliphatic rings. The second kappa shape index (κ2) is 36.3. The number of rotatable bonds is 28. The van der Waals surface area contributed by atoms with Gasteiger partial charge in [-0.15, -0.1) is 0 Å². The summed E-state index contributed by atoms with van der Waals surface area (Å²) in [5, 5.41) is 29.5. The summed E-state index contributed by atoms with van der Waals surface area (Å²) >= 11 is 0. The fourth-order valence-electron chi connectivity index (χ4n) is 10.2. The number of methoxy groups -OCH3 is 2. The second-order valence-electron chi connectivity index (χ2n) is 31.4. The zero-order valence-corrected chi connectivity index (χ0v) is 63.2. The monoisotopic (exact) mass is 1410 g/mol. The van der Waals surface area contributed by atoms with Gasteiger partial charge in [0.1, 0.15) is 41.0 Å². The molecular weight excluding hydrogens is 1310 g/mol. The number of ketones is 4. The van der Waals surface area contributed by atoms with E-state index in [0.29, 0.717) is 66.4 Å². The molecule has 2 heterocycles. The maximum Gasteiger partial charge on any atom is 0.410 e. The van der Waals surface area contributed by atoms with Crippen LogP contribution in [0.5, 0.6) is 17.2 Å². The molecule has 4 amide bonds. The minimum absolute atomic E-state index is 0.0221. The van der Waals surface area contributed by atoms with E-state index in [0.717, 1.165) is 11.8 Å². The van der Waals surface area contributed by atoms with Crippen molar-refractivity contribution in [2.45, 2.75) is 213 Å². The van der Waals surface area contributed by atoms with E-state index < -0.39 is 61.2 Å². The highest BCUT2D eigenvalue weighted by Gasteiger charge is 2.38. The molecule has 0 radical (unpaired) electrons. The second-order valence-corrected chi connectivity index (χ2v) is 31.4. The number of likely N-dealkylation sites (N-methyl/N-ethyl adjacent to an activating group) is 1. The Hall–Kier alpha value is -9.30. The van der Waals surface area contributed by atoms with Gasteiger partial charge in [0.2, 0.25) is 12.0 Å². The first-order valence-corrected chi connectivity index (χ1v) is 33.6. The van der Waals surface area contributed by atoms with Crippen LogP contribution in [-0.4, -0.2) is 133 Å². The number of nitrogens with zero attached hydrogens (tertiary/aromatic N) is 5. The Balaban J connectivity index is 0.000000395. The number of ether oxygens (including phenoxy) is 5. The third-order valence-corrected chi connectivity index (χ3v) is 15.5. The normalized spacial score (nSPS) is 12.6. The van der Waals surface area contributed by atoms with Gasteiger partial charge in [0.15, 0.2) is 23.9 Å². The first kappa shape index (κ1) is 85.9. The average molecular weight is 1410 g/mol. The van der Waals surface area contributed by atoms with E-state index in [4.69, 9.17) is 28.1 Å². The van der Waals surface area contributed by atoms with Crippen LogP contribution in [0.3, 0.4) is 0 Å². The number of anilines is 2. The number of nitro benzene ring substituents is 2. The van der Waals surface area contributed by atoms with Gasteiger partial charge in [-0.3, -0.25) is 58.6 Å². The van der Waals surface area contributed by atoms with Gasteiger partial charge in [-0.05, 0) is 96.9 Å².